The molecule has 0 saturated carbocycles. The van der Waals surface area contributed by atoms with E-state index >= 15 is 0 Å². The number of nitrogens with zero attached hydrogens (tertiary/aromatic N) is 6. The molecule has 0 aliphatic carbocycles. The number of carbonyl (C=O) groups excluding carboxylic acids is 1. The molecule has 4 heterocycles. The molecule has 0 radical (unpaired) electrons. The van der Waals surface area contributed by atoms with Crippen molar-refractivity contribution in [1.82, 2.24) is 24.6 Å². The maximum atomic E-state index is 12.7. The largest absolute Gasteiger partial charge is 0.454 e. The number of anilines is 1. The van der Waals surface area contributed by atoms with Crippen molar-refractivity contribution in [2.24, 2.45) is 0 Å². The third-order valence-electron chi connectivity index (χ3n) is 6.07. The summed E-state index contributed by atoms with van der Waals surface area (Å²) in [7, 11) is 0. The Bertz CT molecular complexity index is 1250. The number of benzene rings is 1. The predicted molar refractivity (Wildman–Crippen MR) is 125 cm³/mol. The summed E-state index contributed by atoms with van der Waals surface area (Å²) >= 11 is 0. The zero-order valence-corrected chi connectivity index (χ0v) is 19.2. The number of hydrogen-bond donors (Lipinski definition) is 0. The summed E-state index contributed by atoms with van der Waals surface area (Å²) in [5.41, 5.74) is 2.18. The first-order valence-corrected chi connectivity index (χ1v) is 11.3. The van der Waals surface area contributed by atoms with Crippen molar-refractivity contribution in [2.75, 3.05) is 37.9 Å². The Labute approximate surface area is 196 Å². The van der Waals surface area contributed by atoms with Gasteiger partial charge in [0.25, 0.3) is 5.56 Å². The van der Waals surface area contributed by atoms with Crippen molar-refractivity contribution in [3.8, 4) is 22.8 Å². The van der Waals surface area contributed by atoms with Gasteiger partial charge in [-0.05, 0) is 36.2 Å². The van der Waals surface area contributed by atoms with E-state index in [2.05, 4.69) is 20.1 Å². The Morgan fingerprint density at radius 1 is 1.00 bits per heavy atom. The second-order valence-electron chi connectivity index (χ2n) is 8.65. The van der Waals surface area contributed by atoms with E-state index in [-0.39, 0.29) is 30.7 Å². The van der Waals surface area contributed by atoms with Crippen LogP contribution in [0.25, 0.3) is 11.3 Å². The number of hydrogen-bond acceptors (Lipinski definition) is 8. The molecule has 5 rings (SSSR count). The van der Waals surface area contributed by atoms with Gasteiger partial charge in [-0.1, -0.05) is 13.8 Å². The molecule has 176 valence electrons. The van der Waals surface area contributed by atoms with Crippen LogP contribution in [0.5, 0.6) is 11.5 Å². The van der Waals surface area contributed by atoms with Gasteiger partial charge in [-0.25, -0.2) is 4.98 Å². The number of amides is 1. The number of rotatable bonds is 5. The molecule has 1 aromatic carbocycles. The minimum Gasteiger partial charge on any atom is -0.454 e. The van der Waals surface area contributed by atoms with Crippen molar-refractivity contribution in [3.63, 3.8) is 0 Å². The lowest BCUT2D eigenvalue weighted by Crippen LogP contribution is -2.50. The molecular formula is C24H26N6O4. The van der Waals surface area contributed by atoms with Gasteiger partial charge in [0.05, 0.1) is 17.7 Å². The molecule has 2 aliphatic heterocycles. The van der Waals surface area contributed by atoms with Crippen molar-refractivity contribution < 1.29 is 14.3 Å². The highest BCUT2D eigenvalue weighted by atomic mass is 16.7. The molecule has 2 aromatic heterocycles. The summed E-state index contributed by atoms with van der Waals surface area (Å²) in [6, 6.07) is 11.1. The maximum Gasteiger partial charge on any atom is 0.254 e. The summed E-state index contributed by atoms with van der Waals surface area (Å²) in [5.74, 6) is 2.28. The molecule has 0 N–H and O–H groups in total. The average Bonchev–Trinajstić information content (AvgIpc) is 3.33. The van der Waals surface area contributed by atoms with Crippen LogP contribution in [-0.2, 0) is 11.3 Å². The Morgan fingerprint density at radius 3 is 2.50 bits per heavy atom. The number of fused-ring (bicyclic) bond motifs is 1. The van der Waals surface area contributed by atoms with E-state index in [1.807, 2.05) is 44.2 Å². The molecule has 34 heavy (non-hydrogen) atoms. The van der Waals surface area contributed by atoms with E-state index in [4.69, 9.17) is 9.47 Å². The molecule has 0 bridgehead atoms. The number of piperazine rings is 1. The van der Waals surface area contributed by atoms with Crippen LogP contribution < -0.4 is 19.9 Å². The lowest BCUT2D eigenvalue weighted by atomic mass is 10.1. The summed E-state index contributed by atoms with van der Waals surface area (Å²) in [4.78, 5) is 33.2. The van der Waals surface area contributed by atoms with Crippen LogP contribution in [0, 0.1) is 0 Å². The number of carbonyl (C=O) groups is 1. The van der Waals surface area contributed by atoms with Crippen LogP contribution in [0.1, 0.15) is 25.5 Å². The van der Waals surface area contributed by atoms with Crippen LogP contribution in [-0.4, -0.2) is 63.5 Å². The maximum absolute atomic E-state index is 12.7. The molecule has 2 aliphatic rings. The van der Waals surface area contributed by atoms with Gasteiger partial charge in [-0.15, -0.1) is 10.2 Å². The molecule has 1 fully saturated rings. The monoisotopic (exact) mass is 462 g/mol. The fraction of sp³-hybridized carbons (Fsp3) is 0.375. The van der Waals surface area contributed by atoms with Crippen LogP contribution in [0.3, 0.4) is 0 Å². The Morgan fingerprint density at radius 2 is 1.79 bits per heavy atom. The van der Waals surface area contributed by atoms with E-state index in [1.54, 1.807) is 4.90 Å². The minimum absolute atomic E-state index is 0.00571. The van der Waals surface area contributed by atoms with E-state index in [9.17, 15) is 9.59 Å². The highest BCUT2D eigenvalue weighted by Crippen LogP contribution is 2.35. The van der Waals surface area contributed by atoms with Gasteiger partial charge >= 0.3 is 0 Å². The third kappa shape index (κ3) is 4.43. The van der Waals surface area contributed by atoms with E-state index in [0.29, 0.717) is 31.9 Å². The van der Waals surface area contributed by atoms with Crippen molar-refractivity contribution >= 4 is 11.7 Å². The molecule has 10 heteroatoms. The highest BCUT2D eigenvalue weighted by Gasteiger charge is 2.23. The Hall–Kier alpha value is -3.95. The molecule has 0 unspecified atom stereocenters. The summed E-state index contributed by atoms with van der Waals surface area (Å²) in [6.45, 7) is 6.57. The smallest absolute Gasteiger partial charge is 0.254 e. The quantitative estimate of drug-likeness (QED) is 0.567. The first kappa shape index (κ1) is 21.9. The summed E-state index contributed by atoms with van der Waals surface area (Å²) in [5, 5.41) is 8.77. The zero-order chi connectivity index (χ0) is 23.7. The van der Waals surface area contributed by atoms with Crippen molar-refractivity contribution in [3.05, 3.63) is 58.8 Å². The van der Waals surface area contributed by atoms with Crippen molar-refractivity contribution in [1.29, 1.82) is 0 Å². The number of aromatic nitrogens is 4. The second-order valence-corrected chi connectivity index (χ2v) is 8.65. The molecule has 1 saturated heterocycles. The normalized spacial score (nSPS) is 15.1. The predicted octanol–water partition coefficient (Wildman–Crippen LogP) is 1.90. The molecule has 0 spiro atoms. The highest BCUT2D eigenvalue weighted by molar-refractivity contribution is 5.76. The fourth-order valence-electron chi connectivity index (χ4n) is 4.01. The van der Waals surface area contributed by atoms with Gasteiger partial charge in [-0.2, -0.15) is 0 Å². The zero-order valence-electron chi connectivity index (χ0n) is 19.2. The average molecular weight is 463 g/mol. The molecule has 0 atom stereocenters. The summed E-state index contributed by atoms with van der Waals surface area (Å²) < 4.78 is 12.1. The minimum atomic E-state index is -0.205. The van der Waals surface area contributed by atoms with Gasteiger partial charge < -0.3 is 19.3 Å². The van der Waals surface area contributed by atoms with Gasteiger partial charge in [0.1, 0.15) is 6.54 Å². The molecule has 1 amide bonds. The van der Waals surface area contributed by atoms with Crippen LogP contribution in [0.2, 0.25) is 0 Å². The van der Waals surface area contributed by atoms with Crippen molar-refractivity contribution in [2.45, 2.75) is 26.3 Å². The van der Waals surface area contributed by atoms with Gasteiger partial charge in [-0.3, -0.25) is 14.2 Å². The molecular weight excluding hydrogens is 436 g/mol. The first-order valence-electron chi connectivity index (χ1n) is 11.3. The number of ether oxygens (including phenoxy) is 2. The summed E-state index contributed by atoms with van der Waals surface area (Å²) in [6.07, 6.45) is 1.46. The lowest BCUT2D eigenvalue weighted by molar-refractivity contribution is -0.132. The SMILES string of the molecule is CC(C)c1cc(=O)n(CC(=O)N2CCN(c3ccc(-c4ccc5c(c4)OCO5)nn3)CC2)cn1. The fourth-order valence-corrected chi connectivity index (χ4v) is 4.01. The Balaban J connectivity index is 1.18. The second kappa shape index (κ2) is 9.12. The van der Waals surface area contributed by atoms with Gasteiger partial charge in [0, 0.05) is 37.8 Å². The molecule has 3 aromatic rings. The van der Waals surface area contributed by atoms with Crippen LogP contribution in [0.15, 0.2) is 47.5 Å². The van der Waals surface area contributed by atoms with E-state index in [1.165, 1.54) is 17.0 Å². The topological polar surface area (TPSA) is 103 Å². The van der Waals surface area contributed by atoms with E-state index in [0.717, 1.165) is 28.5 Å². The lowest BCUT2D eigenvalue weighted by Gasteiger charge is -2.35. The first-order chi connectivity index (χ1) is 16.5. The van der Waals surface area contributed by atoms with Crippen LogP contribution in [0.4, 0.5) is 5.82 Å². The third-order valence-corrected chi connectivity index (χ3v) is 6.07. The van der Waals surface area contributed by atoms with Gasteiger partial charge in [0.15, 0.2) is 17.3 Å². The van der Waals surface area contributed by atoms with Gasteiger partial charge in [0.2, 0.25) is 12.7 Å². The van der Waals surface area contributed by atoms with E-state index < -0.39 is 0 Å². The molecule has 10 nitrogen and oxygen atoms in total. The van der Waals surface area contributed by atoms with Crippen LogP contribution >= 0.6 is 0 Å². The standard InChI is InChI=1S/C24H26N6O4/c1-16(2)19-12-23(31)30(14-25-19)13-24(32)29-9-7-28(8-10-29)22-6-4-18(26-27-22)17-3-5-20-21(11-17)34-15-33-20/h3-6,11-12,14,16H,7-10,13,15H2,1-2H3. The Kier molecular flexibility index (Phi) is 5.87.